The smallest absolute Gasteiger partial charge is 0.328 e. The first-order chi connectivity index (χ1) is 8.00. The minimum Gasteiger partial charge on any atom is -0.464 e. The zero-order valence-corrected chi connectivity index (χ0v) is 11.0. The molecule has 1 rings (SSSR count). The van der Waals surface area contributed by atoms with E-state index in [1.54, 1.807) is 19.1 Å². The van der Waals surface area contributed by atoms with Gasteiger partial charge in [-0.3, -0.25) is 4.79 Å². The molecule has 0 aliphatic rings. The molecule has 1 amide bonds. The predicted molar refractivity (Wildman–Crippen MR) is 67.0 cm³/mol. The summed E-state index contributed by atoms with van der Waals surface area (Å²) in [5.41, 5.74) is 0. The summed E-state index contributed by atoms with van der Waals surface area (Å²) in [6.45, 7) is 5.91. The lowest BCUT2D eigenvalue weighted by atomic mass is 10.2. The topological polar surface area (TPSA) is 55.4 Å². The van der Waals surface area contributed by atoms with E-state index < -0.39 is 12.0 Å². The number of carbonyl (C=O) groups excluding carboxylic acids is 2. The third-order valence-corrected chi connectivity index (χ3v) is 2.87. The average molecular weight is 255 g/mol. The molecule has 0 saturated carbocycles. The van der Waals surface area contributed by atoms with Gasteiger partial charge >= 0.3 is 5.97 Å². The van der Waals surface area contributed by atoms with Crippen LogP contribution in [0.5, 0.6) is 0 Å². The molecule has 94 valence electrons. The van der Waals surface area contributed by atoms with Crippen LogP contribution < -0.4 is 5.32 Å². The second kappa shape index (κ2) is 6.39. The third kappa shape index (κ3) is 4.56. The number of ether oxygens (including phenoxy) is 1. The van der Waals surface area contributed by atoms with Crippen LogP contribution in [0.2, 0.25) is 0 Å². The second-order valence-electron chi connectivity index (χ2n) is 4.20. The average Bonchev–Trinajstić information content (AvgIpc) is 2.78. The normalized spacial score (nSPS) is 12.2. The predicted octanol–water partition coefficient (Wildman–Crippen LogP) is 2.07. The highest BCUT2D eigenvalue weighted by Crippen LogP contribution is 2.08. The highest BCUT2D eigenvalue weighted by Gasteiger charge is 2.18. The molecular formula is C12H17NO3S. The van der Waals surface area contributed by atoms with Crippen molar-refractivity contribution in [3.8, 4) is 0 Å². The first kappa shape index (κ1) is 13.7. The van der Waals surface area contributed by atoms with Crippen LogP contribution in [0.15, 0.2) is 17.5 Å². The summed E-state index contributed by atoms with van der Waals surface area (Å²) in [4.78, 5) is 23.8. The van der Waals surface area contributed by atoms with Crippen LogP contribution in [0.1, 0.15) is 30.4 Å². The maximum atomic E-state index is 11.7. The molecule has 0 bridgehead atoms. The fraction of sp³-hybridized carbons (Fsp3) is 0.500. The van der Waals surface area contributed by atoms with Crippen LogP contribution in [0, 0.1) is 5.92 Å². The van der Waals surface area contributed by atoms with Crippen LogP contribution in [0.25, 0.3) is 0 Å². The molecule has 1 aromatic heterocycles. The molecule has 1 heterocycles. The van der Waals surface area contributed by atoms with E-state index in [0.717, 1.165) is 0 Å². The molecule has 0 aromatic carbocycles. The number of hydrogen-bond acceptors (Lipinski definition) is 4. The van der Waals surface area contributed by atoms with Gasteiger partial charge in [0.1, 0.15) is 6.04 Å². The van der Waals surface area contributed by atoms with E-state index in [4.69, 9.17) is 4.74 Å². The quantitative estimate of drug-likeness (QED) is 0.819. The third-order valence-electron chi connectivity index (χ3n) is 2.01. The first-order valence-electron chi connectivity index (χ1n) is 5.51. The van der Waals surface area contributed by atoms with Gasteiger partial charge in [-0.25, -0.2) is 4.79 Å². The minimum atomic E-state index is -0.622. The van der Waals surface area contributed by atoms with Crippen LogP contribution in [0.4, 0.5) is 0 Å². The lowest BCUT2D eigenvalue weighted by molar-refractivity contribution is -0.146. The molecule has 0 fully saturated rings. The van der Waals surface area contributed by atoms with E-state index in [-0.39, 0.29) is 5.91 Å². The molecule has 5 heteroatoms. The minimum absolute atomic E-state index is 0.242. The highest BCUT2D eigenvalue weighted by molar-refractivity contribution is 7.12. The van der Waals surface area contributed by atoms with Crippen molar-refractivity contribution in [3.63, 3.8) is 0 Å². The largest absolute Gasteiger partial charge is 0.464 e. The molecule has 1 unspecified atom stereocenters. The van der Waals surface area contributed by atoms with Gasteiger partial charge in [0.05, 0.1) is 11.5 Å². The Morgan fingerprint density at radius 3 is 2.65 bits per heavy atom. The molecule has 0 spiro atoms. The number of hydrogen-bond donors (Lipinski definition) is 1. The van der Waals surface area contributed by atoms with Crippen molar-refractivity contribution in [1.29, 1.82) is 0 Å². The molecule has 1 aromatic rings. The highest BCUT2D eigenvalue weighted by atomic mass is 32.1. The molecule has 0 aliphatic heterocycles. The van der Waals surface area contributed by atoms with Gasteiger partial charge < -0.3 is 10.1 Å². The van der Waals surface area contributed by atoms with Crippen LogP contribution in [0.3, 0.4) is 0 Å². The van der Waals surface area contributed by atoms with E-state index in [9.17, 15) is 9.59 Å². The number of carbonyl (C=O) groups is 2. The summed E-state index contributed by atoms with van der Waals surface area (Å²) in [5.74, 6) is -0.350. The Hall–Kier alpha value is -1.36. The summed E-state index contributed by atoms with van der Waals surface area (Å²) in [6.07, 6.45) is 0. The van der Waals surface area contributed by atoms with E-state index in [0.29, 0.717) is 17.4 Å². The molecule has 4 nitrogen and oxygen atoms in total. The number of nitrogens with one attached hydrogen (secondary N) is 1. The SMILES string of the molecule is CC(C)COC(=O)C(C)NC(=O)c1cccs1. The Morgan fingerprint density at radius 2 is 2.12 bits per heavy atom. The van der Waals surface area contributed by atoms with E-state index in [2.05, 4.69) is 5.32 Å². The fourth-order valence-corrected chi connectivity index (χ4v) is 1.74. The second-order valence-corrected chi connectivity index (χ2v) is 5.14. The Morgan fingerprint density at radius 1 is 1.41 bits per heavy atom. The zero-order valence-electron chi connectivity index (χ0n) is 10.2. The van der Waals surface area contributed by atoms with Crippen molar-refractivity contribution in [2.45, 2.75) is 26.8 Å². The molecular weight excluding hydrogens is 238 g/mol. The van der Waals surface area contributed by atoms with Crippen LogP contribution in [-0.4, -0.2) is 24.5 Å². The Labute approximate surface area is 105 Å². The Bertz CT molecular complexity index is 373. The lowest BCUT2D eigenvalue weighted by Crippen LogP contribution is -2.39. The van der Waals surface area contributed by atoms with E-state index >= 15 is 0 Å². The lowest BCUT2D eigenvalue weighted by Gasteiger charge is -2.13. The van der Waals surface area contributed by atoms with Gasteiger partial charge in [-0.1, -0.05) is 19.9 Å². The Kier molecular flexibility index (Phi) is 5.15. The molecule has 17 heavy (non-hydrogen) atoms. The van der Waals surface area contributed by atoms with Crippen LogP contribution >= 0.6 is 11.3 Å². The molecule has 0 radical (unpaired) electrons. The summed E-state index contributed by atoms with van der Waals surface area (Å²) in [5, 5.41) is 4.42. The van der Waals surface area contributed by atoms with E-state index in [1.165, 1.54) is 11.3 Å². The maximum absolute atomic E-state index is 11.7. The molecule has 1 atom stereocenters. The van der Waals surface area contributed by atoms with Crippen molar-refractivity contribution in [3.05, 3.63) is 22.4 Å². The molecule has 1 N–H and O–H groups in total. The number of amides is 1. The number of thiophene rings is 1. The van der Waals surface area contributed by atoms with Crippen LogP contribution in [-0.2, 0) is 9.53 Å². The first-order valence-corrected chi connectivity index (χ1v) is 6.39. The van der Waals surface area contributed by atoms with Gasteiger partial charge in [0.15, 0.2) is 0 Å². The van der Waals surface area contributed by atoms with E-state index in [1.807, 2.05) is 19.2 Å². The molecule has 0 saturated heterocycles. The van der Waals surface area contributed by atoms with Gasteiger partial charge in [-0.05, 0) is 24.3 Å². The number of rotatable bonds is 5. The molecule has 0 aliphatic carbocycles. The summed E-state index contributed by atoms with van der Waals surface area (Å²) in [6, 6.07) is 2.89. The Balaban J connectivity index is 2.41. The van der Waals surface area contributed by atoms with Gasteiger partial charge in [0.25, 0.3) is 5.91 Å². The fourth-order valence-electron chi connectivity index (χ4n) is 1.11. The van der Waals surface area contributed by atoms with Gasteiger partial charge in [-0.2, -0.15) is 0 Å². The standard InChI is InChI=1S/C12H17NO3S/c1-8(2)7-16-12(15)9(3)13-11(14)10-5-4-6-17-10/h4-6,8-9H,7H2,1-3H3,(H,13,14). The van der Waals surface area contributed by atoms with Crippen molar-refractivity contribution >= 4 is 23.2 Å². The monoisotopic (exact) mass is 255 g/mol. The van der Waals surface area contributed by atoms with Gasteiger partial charge in [-0.15, -0.1) is 11.3 Å². The summed E-state index contributed by atoms with van der Waals surface area (Å²) >= 11 is 1.34. The summed E-state index contributed by atoms with van der Waals surface area (Å²) < 4.78 is 5.03. The van der Waals surface area contributed by atoms with Crippen molar-refractivity contribution in [2.24, 2.45) is 5.92 Å². The van der Waals surface area contributed by atoms with Gasteiger partial charge in [0, 0.05) is 0 Å². The summed E-state index contributed by atoms with van der Waals surface area (Å²) in [7, 11) is 0. The van der Waals surface area contributed by atoms with Crippen molar-refractivity contribution < 1.29 is 14.3 Å². The van der Waals surface area contributed by atoms with Crippen molar-refractivity contribution in [2.75, 3.05) is 6.61 Å². The van der Waals surface area contributed by atoms with Crippen molar-refractivity contribution in [1.82, 2.24) is 5.32 Å². The maximum Gasteiger partial charge on any atom is 0.328 e. The van der Waals surface area contributed by atoms with Gasteiger partial charge in [0.2, 0.25) is 0 Å². The zero-order chi connectivity index (χ0) is 12.8. The number of esters is 1.